The van der Waals surface area contributed by atoms with Gasteiger partial charge in [-0.25, -0.2) is 5.84 Å². The van der Waals surface area contributed by atoms with Crippen LogP contribution in [0.25, 0.3) is 0 Å². The fourth-order valence-corrected chi connectivity index (χ4v) is 1.57. The molecule has 3 N–H and O–H groups in total. The van der Waals surface area contributed by atoms with Crippen LogP contribution < -0.4 is 16.0 Å². The van der Waals surface area contributed by atoms with E-state index in [2.05, 4.69) is 5.43 Å². The van der Waals surface area contributed by atoms with Crippen molar-refractivity contribution in [3.05, 3.63) is 29.3 Å². The van der Waals surface area contributed by atoms with Gasteiger partial charge < -0.3 is 4.74 Å². The third kappa shape index (κ3) is 5.56. The topological polar surface area (TPSA) is 64.3 Å². The highest BCUT2D eigenvalue weighted by molar-refractivity contribution is 6.32. The Hall–Kier alpha value is -1.26. The van der Waals surface area contributed by atoms with E-state index in [-0.39, 0.29) is 5.91 Å². The van der Waals surface area contributed by atoms with E-state index in [1.807, 2.05) is 18.2 Å². The number of carbonyl (C=O) groups excluding carboxylic acids is 1. The Morgan fingerprint density at radius 2 is 2.06 bits per heavy atom. The fourth-order valence-electron chi connectivity index (χ4n) is 1.38. The van der Waals surface area contributed by atoms with Gasteiger partial charge in [0, 0.05) is 6.42 Å². The first-order chi connectivity index (χ1) is 8.24. The zero-order valence-electron chi connectivity index (χ0n) is 9.62. The standard InChI is InChI=1S/C12H17ClN2O2/c13-10-6-3-4-7-11(10)17-9-5-1-2-8-12(16)15-14/h3-4,6-7H,1-2,5,8-9,14H2,(H,15,16). The zero-order valence-corrected chi connectivity index (χ0v) is 10.4. The van der Waals surface area contributed by atoms with Crippen molar-refractivity contribution in [3.8, 4) is 5.75 Å². The number of halogens is 1. The van der Waals surface area contributed by atoms with Gasteiger partial charge in [0.15, 0.2) is 0 Å². The largest absolute Gasteiger partial charge is 0.492 e. The second-order valence-corrected chi connectivity index (χ2v) is 4.06. The molecule has 0 aliphatic heterocycles. The Balaban J connectivity index is 2.09. The lowest BCUT2D eigenvalue weighted by Gasteiger charge is -2.07. The third-order valence-electron chi connectivity index (χ3n) is 2.30. The second-order valence-electron chi connectivity index (χ2n) is 3.66. The summed E-state index contributed by atoms with van der Waals surface area (Å²) in [6.07, 6.45) is 3.10. The third-order valence-corrected chi connectivity index (χ3v) is 2.62. The van der Waals surface area contributed by atoms with Crippen molar-refractivity contribution >= 4 is 17.5 Å². The molecule has 0 heterocycles. The average Bonchev–Trinajstić information content (AvgIpc) is 2.35. The van der Waals surface area contributed by atoms with Crippen molar-refractivity contribution in [2.24, 2.45) is 5.84 Å². The molecule has 0 aromatic heterocycles. The molecule has 4 nitrogen and oxygen atoms in total. The SMILES string of the molecule is NNC(=O)CCCCCOc1ccccc1Cl. The molecule has 1 amide bonds. The Morgan fingerprint density at radius 3 is 2.76 bits per heavy atom. The van der Waals surface area contributed by atoms with Crippen LogP contribution in [0.2, 0.25) is 5.02 Å². The van der Waals surface area contributed by atoms with Crippen LogP contribution in [0.5, 0.6) is 5.75 Å². The van der Waals surface area contributed by atoms with Gasteiger partial charge in [-0.15, -0.1) is 0 Å². The molecule has 1 aromatic rings. The summed E-state index contributed by atoms with van der Waals surface area (Å²) >= 11 is 5.93. The minimum Gasteiger partial charge on any atom is -0.492 e. The predicted octanol–water partition coefficient (Wildman–Crippen LogP) is 2.27. The Morgan fingerprint density at radius 1 is 1.29 bits per heavy atom. The van der Waals surface area contributed by atoms with E-state index >= 15 is 0 Å². The normalized spacial score (nSPS) is 10.0. The van der Waals surface area contributed by atoms with Gasteiger partial charge in [0.1, 0.15) is 5.75 Å². The maximum Gasteiger partial charge on any atom is 0.233 e. The zero-order chi connectivity index (χ0) is 12.5. The minimum absolute atomic E-state index is 0.128. The molecule has 0 radical (unpaired) electrons. The number of unbranched alkanes of at least 4 members (excludes halogenated alkanes) is 2. The van der Waals surface area contributed by atoms with Crippen LogP contribution in [0.3, 0.4) is 0 Å². The van der Waals surface area contributed by atoms with E-state index in [0.717, 1.165) is 19.3 Å². The summed E-state index contributed by atoms with van der Waals surface area (Å²) in [6, 6.07) is 7.38. The van der Waals surface area contributed by atoms with E-state index in [4.69, 9.17) is 22.2 Å². The number of nitrogens with one attached hydrogen (secondary N) is 1. The van der Waals surface area contributed by atoms with Crippen LogP contribution in [-0.4, -0.2) is 12.5 Å². The van der Waals surface area contributed by atoms with Gasteiger partial charge in [0.2, 0.25) is 5.91 Å². The summed E-state index contributed by atoms with van der Waals surface area (Å²) in [6.45, 7) is 0.605. The summed E-state index contributed by atoms with van der Waals surface area (Å²) in [5.41, 5.74) is 2.10. The second kappa shape index (κ2) is 7.92. The van der Waals surface area contributed by atoms with Gasteiger partial charge in [-0.2, -0.15) is 0 Å². The van der Waals surface area contributed by atoms with Gasteiger partial charge >= 0.3 is 0 Å². The van der Waals surface area contributed by atoms with Crippen LogP contribution in [0.4, 0.5) is 0 Å². The molecule has 0 atom stereocenters. The molecule has 0 saturated carbocycles. The van der Waals surface area contributed by atoms with E-state index in [9.17, 15) is 4.79 Å². The number of carbonyl (C=O) groups is 1. The summed E-state index contributed by atoms with van der Waals surface area (Å²) in [4.78, 5) is 10.8. The Labute approximate surface area is 106 Å². The lowest BCUT2D eigenvalue weighted by Crippen LogP contribution is -2.29. The first-order valence-corrected chi connectivity index (χ1v) is 5.98. The first kappa shape index (κ1) is 13.8. The van der Waals surface area contributed by atoms with Crippen LogP contribution >= 0.6 is 11.6 Å². The van der Waals surface area contributed by atoms with Crippen LogP contribution in [0.1, 0.15) is 25.7 Å². The van der Waals surface area contributed by atoms with E-state index in [1.54, 1.807) is 6.07 Å². The van der Waals surface area contributed by atoms with Gasteiger partial charge in [0.05, 0.1) is 11.6 Å². The number of ether oxygens (including phenoxy) is 1. The number of hydrogen-bond donors (Lipinski definition) is 2. The summed E-state index contributed by atoms with van der Waals surface area (Å²) in [7, 11) is 0. The molecular weight excluding hydrogens is 240 g/mol. The lowest BCUT2D eigenvalue weighted by molar-refractivity contribution is -0.121. The molecule has 17 heavy (non-hydrogen) atoms. The number of hydrazine groups is 1. The molecule has 1 rings (SSSR count). The minimum atomic E-state index is -0.128. The van der Waals surface area contributed by atoms with Crippen LogP contribution in [0.15, 0.2) is 24.3 Å². The van der Waals surface area contributed by atoms with Gasteiger partial charge in [-0.05, 0) is 31.4 Å². The summed E-state index contributed by atoms with van der Waals surface area (Å²) in [5.74, 6) is 5.54. The highest BCUT2D eigenvalue weighted by Gasteiger charge is 2.00. The number of rotatable bonds is 7. The molecule has 5 heteroatoms. The predicted molar refractivity (Wildman–Crippen MR) is 67.7 cm³/mol. The van der Waals surface area contributed by atoms with Crippen LogP contribution in [-0.2, 0) is 4.79 Å². The van der Waals surface area contributed by atoms with E-state index in [0.29, 0.717) is 23.8 Å². The Kier molecular flexibility index (Phi) is 6.43. The maximum atomic E-state index is 10.8. The number of amides is 1. The highest BCUT2D eigenvalue weighted by Crippen LogP contribution is 2.23. The first-order valence-electron chi connectivity index (χ1n) is 5.61. The molecule has 0 aliphatic carbocycles. The van der Waals surface area contributed by atoms with E-state index < -0.39 is 0 Å². The van der Waals surface area contributed by atoms with Crippen molar-refractivity contribution in [1.82, 2.24) is 5.43 Å². The van der Waals surface area contributed by atoms with Crippen molar-refractivity contribution in [3.63, 3.8) is 0 Å². The molecular formula is C12H17ClN2O2. The molecule has 0 fully saturated rings. The molecule has 94 valence electrons. The fraction of sp³-hybridized carbons (Fsp3) is 0.417. The molecule has 0 unspecified atom stereocenters. The number of hydrogen-bond acceptors (Lipinski definition) is 3. The quantitative estimate of drug-likeness (QED) is 0.340. The summed E-state index contributed by atoms with van der Waals surface area (Å²) < 4.78 is 5.51. The molecule has 0 spiro atoms. The van der Waals surface area contributed by atoms with Gasteiger partial charge in [0.25, 0.3) is 0 Å². The lowest BCUT2D eigenvalue weighted by atomic mass is 10.2. The smallest absolute Gasteiger partial charge is 0.233 e. The molecule has 0 aliphatic rings. The Bertz CT molecular complexity index is 358. The monoisotopic (exact) mass is 256 g/mol. The summed E-state index contributed by atoms with van der Waals surface area (Å²) in [5, 5.41) is 0.620. The van der Waals surface area contributed by atoms with Crippen molar-refractivity contribution in [2.75, 3.05) is 6.61 Å². The average molecular weight is 257 g/mol. The maximum absolute atomic E-state index is 10.8. The van der Waals surface area contributed by atoms with Crippen molar-refractivity contribution < 1.29 is 9.53 Å². The van der Waals surface area contributed by atoms with Crippen molar-refractivity contribution in [2.45, 2.75) is 25.7 Å². The van der Waals surface area contributed by atoms with Crippen molar-refractivity contribution in [1.29, 1.82) is 0 Å². The molecule has 0 saturated heterocycles. The molecule has 1 aromatic carbocycles. The number of nitrogens with two attached hydrogens (primary N) is 1. The number of benzene rings is 1. The molecule has 0 bridgehead atoms. The van der Waals surface area contributed by atoms with E-state index in [1.165, 1.54) is 0 Å². The van der Waals surface area contributed by atoms with Crippen LogP contribution in [0, 0.1) is 0 Å². The number of para-hydroxylation sites is 1. The highest BCUT2D eigenvalue weighted by atomic mass is 35.5. The van der Waals surface area contributed by atoms with Gasteiger partial charge in [-0.3, -0.25) is 10.2 Å². The van der Waals surface area contributed by atoms with Gasteiger partial charge in [-0.1, -0.05) is 23.7 Å².